The maximum absolute atomic E-state index is 14.3. The van der Waals surface area contributed by atoms with Gasteiger partial charge in [-0.1, -0.05) is 0 Å². The zero-order chi connectivity index (χ0) is 29.9. The molecule has 0 aliphatic carbocycles. The average Bonchev–Trinajstić information content (AvgIpc) is 3.26. The number of halogens is 4. The summed E-state index contributed by atoms with van der Waals surface area (Å²) >= 11 is 0. The number of carbonyl (C=O) groups is 1. The smallest absolute Gasteiger partial charge is 0.416 e. The van der Waals surface area contributed by atoms with Gasteiger partial charge in [0.25, 0.3) is 0 Å². The van der Waals surface area contributed by atoms with Crippen LogP contribution in [0.1, 0.15) is 18.4 Å². The first-order valence-corrected chi connectivity index (χ1v) is 13.4. The van der Waals surface area contributed by atoms with Gasteiger partial charge in [0.1, 0.15) is 23.1 Å². The Morgan fingerprint density at radius 2 is 1.83 bits per heavy atom. The number of piperidine rings is 1. The molecule has 4 aromatic rings. The lowest BCUT2D eigenvalue weighted by atomic mass is 9.96. The highest BCUT2D eigenvalue weighted by Gasteiger charge is 2.31. The van der Waals surface area contributed by atoms with Gasteiger partial charge in [0.05, 0.1) is 28.9 Å². The Kier molecular flexibility index (Phi) is 8.59. The molecule has 0 atom stereocenters. The summed E-state index contributed by atoms with van der Waals surface area (Å²) in [4.78, 5) is 23.8. The van der Waals surface area contributed by atoms with Crippen LogP contribution >= 0.6 is 0 Å². The summed E-state index contributed by atoms with van der Waals surface area (Å²) in [5.74, 6) is 0.365. The van der Waals surface area contributed by atoms with Crippen LogP contribution < -0.4 is 15.4 Å². The fourth-order valence-corrected chi connectivity index (χ4v) is 4.82. The molecule has 42 heavy (non-hydrogen) atoms. The van der Waals surface area contributed by atoms with Crippen molar-refractivity contribution in [3.05, 3.63) is 66.1 Å². The zero-order valence-corrected chi connectivity index (χ0v) is 23.0. The molecule has 9 nitrogen and oxygen atoms in total. The number of ether oxygens (including phenoxy) is 2. The highest BCUT2D eigenvalue weighted by Crippen LogP contribution is 2.34. The maximum atomic E-state index is 14.3. The molecule has 13 heteroatoms. The van der Waals surface area contributed by atoms with Gasteiger partial charge in [-0.3, -0.25) is 4.79 Å². The first-order valence-electron chi connectivity index (χ1n) is 13.4. The SMILES string of the molecule is COCCN1CCC(C(=O)Nc2cc(Oc3ccc4c(c3)nc(Nc3cc(C(F)(F)F)ccc3F)n4C)ccn2)CC1. The van der Waals surface area contributed by atoms with Crippen LogP contribution in [-0.2, 0) is 22.8 Å². The summed E-state index contributed by atoms with van der Waals surface area (Å²) in [6.07, 6.45) is -1.57. The second-order valence-corrected chi connectivity index (χ2v) is 10.0. The molecule has 1 fully saturated rings. The fraction of sp³-hybridized carbons (Fsp3) is 0.345. The molecule has 0 spiro atoms. The topological polar surface area (TPSA) is 93.5 Å². The summed E-state index contributed by atoms with van der Waals surface area (Å²) in [6.45, 7) is 3.18. The van der Waals surface area contributed by atoms with Crippen LogP contribution in [0.15, 0.2) is 54.7 Å². The first-order chi connectivity index (χ1) is 20.1. The molecule has 5 rings (SSSR count). The van der Waals surface area contributed by atoms with Gasteiger partial charge in [-0.15, -0.1) is 0 Å². The standard InChI is InChI=1S/C29H30F4N6O3/c1-38-25-6-4-20(16-24(25)36-28(38)35-23-15-19(29(31,32)33)3-5-22(23)30)42-21-7-10-34-26(17-21)37-27(40)18-8-11-39(12-9-18)13-14-41-2/h3-7,10,15-18H,8-9,11-14H2,1-2H3,(H,35,36)(H,34,37,40). The second kappa shape index (κ2) is 12.3. The molecule has 222 valence electrons. The molecule has 3 heterocycles. The van der Waals surface area contributed by atoms with Crippen molar-refractivity contribution in [1.29, 1.82) is 0 Å². The van der Waals surface area contributed by atoms with E-state index in [1.54, 1.807) is 49.1 Å². The molecule has 2 aromatic heterocycles. The average molecular weight is 587 g/mol. The van der Waals surface area contributed by atoms with Gasteiger partial charge in [0.15, 0.2) is 0 Å². The number of rotatable bonds is 9. The number of amides is 1. The Labute approximate surface area is 239 Å². The quantitative estimate of drug-likeness (QED) is 0.234. The predicted octanol–water partition coefficient (Wildman–Crippen LogP) is 5.96. The second-order valence-electron chi connectivity index (χ2n) is 10.0. The van der Waals surface area contributed by atoms with Gasteiger partial charge in [-0.05, 0) is 62.3 Å². The number of imidazole rings is 1. The summed E-state index contributed by atoms with van der Waals surface area (Å²) in [5.41, 5.74) is -0.197. The van der Waals surface area contributed by atoms with E-state index in [2.05, 4.69) is 25.5 Å². The minimum atomic E-state index is -4.61. The molecule has 1 aliphatic rings. The van der Waals surface area contributed by atoms with E-state index in [4.69, 9.17) is 9.47 Å². The van der Waals surface area contributed by atoms with Crippen LogP contribution in [0.2, 0.25) is 0 Å². The number of benzene rings is 2. The third-order valence-electron chi connectivity index (χ3n) is 7.18. The third kappa shape index (κ3) is 6.80. The van der Waals surface area contributed by atoms with Crippen molar-refractivity contribution in [2.75, 3.05) is 44.0 Å². The van der Waals surface area contributed by atoms with Crippen LogP contribution in [0.3, 0.4) is 0 Å². The number of aromatic nitrogens is 3. The van der Waals surface area contributed by atoms with Crippen molar-refractivity contribution in [1.82, 2.24) is 19.4 Å². The highest BCUT2D eigenvalue weighted by molar-refractivity contribution is 5.92. The van der Waals surface area contributed by atoms with E-state index in [1.807, 2.05) is 0 Å². The van der Waals surface area contributed by atoms with Crippen molar-refractivity contribution in [3.63, 3.8) is 0 Å². The monoisotopic (exact) mass is 586 g/mol. The van der Waals surface area contributed by atoms with Crippen LogP contribution in [-0.4, -0.2) is 58.7 Å². The lowest BCUT2D eigenvalue weighted by Gasteiger charge is -2.30. The molecule has 2 N–H and O–H groups in total. The Balaban J connectivity index is 1.25. The molecule has 0 unspecified atom stereocenters. The number of nitrogens with zero attached hydrogens (tertiary/aromatic N) is 4. The van der Waals surface area contributed by atoms with E-state index in [-0.39, 0.29) is 23.5 Å². The summed E-state index contributed by atoms with van der Waals surface area (Å²) in [7, 11) is 3.33. The molecule has 2 aromatic carbocycles. The fourth-order valence-electron chi connectivity index (χ4n) is 4.82. The van der Waals surface area contributed by atoms with Gasteiger partial charge in [-0.25, -0.2) is 14.4 Å². The number of anilines is 3. The van der Waals surface area contributed by atoms with Crippen molar-refractivity contribution >= 4 is 34.4 Å². The van der Waals surface area contributed by atoms with Crippen LogP contribution in [0.4, 0.5) is 35.0 Å². The van der Waals surface area contributed by atoms with Gasteiger partial charge in [0.2, 0.25) is 11.9 Å². The maximum Gasteiger partial charge on any atom is 0.416 e. The summed E-state index contributed by atoms with van der Waals surface area (Å²) in [5, 5.41) is 5.53. The number of pyridine rings is 1. The summed E-state index contributed by atoms with van der Waals surface area (Å²) < 4.78 is 66.3. The Morgan fingerprint density at radius 1 is 1.07 bits per heavy atom. The number of carbonyl (C=O) groups excluding carboxylic acids is 1. The number of alkyl halides is 3. The van der Waals surface area contributed by atoms with E-state index in [0.29, 0.717) is 47.1 Å². The number of hydrogen-bond donors (Lipinski definition) is 2. The normalized spacial score (nSPS) is 14.7. The molecule has 0 saturated carbocycles. The number of fused-ring (bicyclic) bond motifs is 1. The third-order valence-corrected chi connectivity index (χ3v) is 7.18. The Hall–Kier alpha value is -4.23. The van der Waals surface area contributed by atoms with Gasteiger partial charge in [0, 0.05) is 44.9 Å². The number of methoxy groups -OCH3 is 1. The Morgan fingerprint density at radius 3 is 2.57 bits per heavy atom. The first kappa shape index (κ1) is 29.3. The van der Waals surface area contributed by atoms with Crippen molar-refractivity contribution < 1.29 is 31.8 Å². The number of likely N-dealkylation sites (tertiary alicyclic amines) is 1. The van der Waals surface area contributed by atoms with E-state index >= 15 is 0 Å². The predicted molar refractivity (Wildman–Crippen MR) is 149 cm³/mol. The van der Waals surface area contributed by atoms with Gasteiger partial charge >= 0.3 is 6.18 Å². The van der Waals surface area contributed by atoms with E-state index in [1.165, 1.54) is 6.20 Å². The van der Waals surface area contributed by atoms with Gasteiger partial charge < -0.3 is 29.6 Å². The summed E-state index contributed by atoms with van der Waals surface area (Å²) in [6, 6.07) is 10.5. The van der Waals surface area contributed by atoms with E-state index in [9.17, 15) is 22.4 Å². The number of hydrogen-bond acceptors (Lipinski definition) is 7. The minimum Gasteiger partial charge on any atom is -0.457 e. The largest absolute Gasteiger partial charge is 0.457 e. The molecular formula is C29H30F4N6O3. The van der Waals surface area contributed by atoms with E-state index in [0.717, 1.165) is 38.5 Å². The molecule has 1 aliphatic heterocycles. The lowest BCUT2D eigenvalue weighted by Crippen LogP contribution is -2.39. The number of aryl methyl sites for hydroxylation is 1. The van der Waals surface area contributed by atoms with Crippen LogP contribution in [0, 0.1) is 11.7 Å². The zero-order valence-electron chi connectivity index (χ0n) is 23.0. The van der Waals surface area contributed by atoms with E-state index < -0.39 is 17.6 Å². The highest BCUT2D eigenvalue weighted by atomic mass is 19.4. The molecule has 1 saturated heterocycles. The Bertz CT molecular complexity index is 1570. The van der Waals surface area contributed by atoms with Crippen molar-refractivity contribution in [2.45, 2.75) is 19.0 Å². The number of nitrogens with one attached hydrogen (secondary N) is 2. The van der Waals surface area contributed by atoms with Crippen LogP contribution in [0.25, 0.3) is 11.0 Å². The lowest BCUT2D eigenvalue weighted by molar-refractivity contribution is -0.137. The molecule has 1 amide bonds. The molecule has 0 bridgehead atoms. The van der Waals surface area contributed by atoms with Gasteiger partial charge in [-0.2, -0.15) is 13.2 Å². The molecule has 0 radical (unpaired) electrons. The minimum absolute atomic E-state index is 0.0850. The van der Waals surface area contributed by atoms with Crippen LogP contribution in [0.5, 0.6) is 11.5 Å². The van der Waals surface area contributed by atoms with Crippen molar-refractivity contribution in [2.24, 2.45) is 13.0 Å². The van der Waals surface area contributed by atoms with Crippen molar-refractivity contribution in [3.8, 4) is 11.5 Å². The molecular weight excluding hydrogens is 556 g/mol.